The Morgan fingerprint density at radius 3 is 1.93 bits per heavy atom. The Morgan fingerprint density at radius 2 is 1.23 bits per heavy atom. The lowest BCUT2D eigenvalue weighted by Gasteiger charge is -2.08. The molecule has 0 heterocycles. The maximum Gasteiger partial charge on any atom is 0.336 e. The third-order valence-corrected chi connectivity index (χ3v) is 7.67. The third kappa shape index (κ3) is 13.5. The van der Waals surface area contributed by atoms with E-state index in [1.54, 1.807) is 12.1 Å². The van der Waals surface area contributed by atoms with E-state index in [1.165, 1.54) is 76.7 Å². The number of unbranched alkanes of at least 4 members (excludes halogenated alkanes) is 12. The Hall–Kier alpha value is -3.60. The van der Waals surface area contributed by atoms with E-state index < -0.39 is 5.97 Å². The van der Waals surface area contributed by atoms with Gasteiger partial charge in [-0.3, -0.25) is 4.79 Å². The van der Waals surface area contributed by atoms with Crippen molar-refractivity contribution in [1.82, 2.24) is 5.32 Å². The minimum Gasteiger partial charge on any atom is -0.494 e. The van der Waals surface area contributed by atoms with E-state index in [2.05, 4.69) is 19.2 Å². The second-order valence-corrected chi connectivity index (χ2v) is 11.4. The lowest BCUT2D eigenvalue weighted by atomic mass is 10.1. The van der Waals surface area contributed by atoms with Crippen molar-refractivity contribution in [2.24, 2.45) is 0 Å². The topological polar surface area (TPSA) is 64.6 Å². The highest BCUT2D eigenvalue weighted by atomic mass is 16.5. The standard InChI is InChI=1S/C38H51NO4/c1-3-5-7-9-11-12-14-16-28-42-35-23-17-31(18-24-35)19-26-37(40)43-36-25-22-32-29-34(21-20-33(32)30-36)38(41)39-27-15-13-10-8-6-4-2/h17-26,29-30H,3-16,27-28H2,1-2H3,(H,39,41). The van der Waals surface area contributed by atoms with Crippen LogP contribution in [0.15, 0.2) is 66.7 Å². The van der Waals surface area contributed by atoms with Crippen LogP contribution in [-0.4, -0.2) is 25.0 Å². The third-order valence-electron chi connectivity index (χ3n) is 7.67. The van der Waals surface area contributed by atoms with Gasteiger partial charge in [0, 0.05) is 18.2 Å². The average Bonchev–Trinajstić information content (AvgIpc) is 3.02. The van der Waals surface area contributed by atoms with Gasteiger partial charge in [-0.25, -0.2) is 4.79 Å². The minimum absolute atomic E-state index is 0.0563. The number of hydrogen-bond acceptors (Lipinski definition) is 4. The van der Waals surface area contributed by atoms with Crippen LogP contribution in [0.2, 0.25) is 0 Å². The monoisotopic (exact) mass is 585 g/mol. The lowest BCUT2D eigenvalue weighted by Crippen LogP contribution is -2.24. The van der Waals surface area contributed by atoms with Crippen LogP contribution in [0, 0.1) is 0 Å². The predicted octanol–water partition coefficient (Wildman–Crippen LogP) is 10.1. The number of esters is 1. The fourth-order valence-corrected chi connectivity index (χ4v) is 5.05. The summed E-state index contributed by atoms with van der Waals surface area (Å²) in [6.45, 7) is 5.89. The number of fused-ring (bicyclic) bond motifs is 1. The first-order valence-corrected chi connectivity index (χ1v) is 16.5. The number of rotatable bonds is 21. The van der Waals surface area contributed by atoms with Crippen LogP contribution >= 0.6 is 0 Å². The number of carbonyl (C=O) groups excluding carboxylic acids is 2. The van der Waals surface area contributed by atoms with E-state index in [9.17, 15) is 9.59 Å². The average molecular weight is 586 g/mol. The van der Waals surface area contributed by atoms with E-state index in [4.69, 9.17) is 9.47 Å². The molecule has 0 unspecified atom stereocenters. The van der Waals surface area contributed by atoms with Gasteiger partial charge in [0.1, 0.15) is 11.5 Å². The number of ether oxygens (including phenoxy) is 2. The van der Waals surface area contributed by atoms with Crippen molar-refractivity contribution >= 4 is 28.7 Å². The summed E-state index contributed by atoms with van der Waals surface area (Å²) in [5.41, 5.74) is 1.54. The first-order valence-electron chi connectivity index (χ1n) is 16.5. The van der Waals surface area contributed by atoms with E-state index in [-0.39, 0.29) is 5.91 Å². The van der Waals surface area contributed by atoms with Crippen LogP contribution in [-0.2, 0) is 4.79 Å². The molecule has 3 rings (SSSR count). The van der Waals surface area contributed by atoms with Gasteiger partial charge in [-0.1, -0.05) is 115 Å². The SMILES string of the molecule is CCCCCCCCCCOc1ccc(C=CC(=O)Oc2ccc3cc(C(=O)NCCCCCCCC)ccc3c2)cc1. The van der Waals surface area contributed by atoms with Gasteiger partial charge in [0.05, 0.1) is 6.61 Å². The molecular formula is C38H51NO4. The normalized spacial score (nSPS) is 11.2. The first-order chi connectivity index (χ1) is 21.1. The highest BCUT2D eigenvalue weighted by Gasteiger charge is 2.08. The van der Waals surface area contributed by atoms with Crippen LogP contribution in [0.5, 0.6) is 11.5 Å². The lowest BCUT2D eigenvalue weighted by molar-refractivity contribution is -0.128. The summed E-state index contributed by atoms with van der Waals surface area (Å²) in [5.74, 6) is 0.809. The molecule has 0 aliphatic heterocycles. The molecule has 232 valence electrons. The largest absolute Gasteiger partial charge is 0.494 e. The molecule has 3 aromatic rings. The van der Waals surface area contributed by atoms with E-state index >= 15 is 0 Å². The highest BCUT2D eigenvalue weighted by Crippen LogP contribution is 2.23. The van der Waals surface area contributed by atoms with Gasteiger partial charge in [-0.15, -0.1) is 0 Å². The molecular weight excluding hydrogens is 534 g/mol. The second-order valence-electron chi connectivity index (χ2n) is 11.4. The Morgan fingerprint density at radius 1 is 0.651 bits per heavy atom. The zero-order chi connectivity index (χ0) is 30.5. The van der Waals surface area contributed by atoms with E-state index in [1.807, 2.05) is 54.6 Å². The maximum atomic E-state index is 12.6. The van der Waals surface area contributed by atoms with Gasteiger partial charge in [-0.2, -0.15) is 0 Å². The van der Waals surface area contributed by atoms with Gasteiger partial charge >= 0.3 is 5.97 Å². The van der Waals surface area contributed by atoms with Crippen molar-refractivity contribution in [2.75, 3.05) is 13.2 Å². The van der Waals surface area contributed by atoms with Crippen molar-refractivity contribution in [2.45, 2.75) is 104 Å². The van der Waals surface area contributed by atoms with Crippen LogP contribution in [0.3, 0.4) is 0 Å². The van der Waals surface area contributed by atoms with Gasteiger partial charge in [0.25, 0.3) is 5.91 Å². The molecule has 5 nitrogen and oxygen atoms in total. The molecule has 0 aromatic heterocycles. The number of carbonyl (C=O) groups is 2. The zero-order valence-corrected chi connectivity index (χ0v) is 26.4. The van der Waals surface area contributed by atoms with E-state index in [0.29, 0.717) is 17.9 Å². The molecule has 0 saturated carbocycles. The Labute approximate surface area is 259 Å². The van der Waals surface area contributed by atoms with Crippen molar-refractivity contribution < 1.29 is 19.1 Å². The van der Waals surface area contributed by atoms with Crippen molar-refractivity contribution in [1.29, 1.82) is 0 Å². The molecule has 0 spiro atoms. The smallest absolute Gasteiger partial charge is 0.336 e. The van der Waals surface area contributed by atoms with Crippen LogP contribution in [0.25, 0.3) is 16.8 Å². The highest BCUT2D eigenvalue weighted by molar-refractivity contribution is 5.99. The van der Waals surface area contributed by atoms with Gasteiger partial charge in [-0.05, 0) is 71.7 Å². The maximum absolute atomic E-state index is 12.6. The summed E-state index contributed by atoms with van der Waals surface area (Å²) < 4.78 is 11.4. The van der Waals surface area contributed by atoms with Crippen LogP contribution < -0.4 is 14.8 Å². The quantitative estimate of drug-likeness (QED) is 0.0585. The zero-order valence-electron chi connectivity index (χ0n) is 26.4. The summed E-state index contributed by atoms with van der Waals surface area (Å²) in [7, 11) is 0. The van der Waals surface area contributed by atoms with Crippen LogP contribution in [0.1, 0.15) is 120 Å². The molecule has 0 aliphatic rings. The number of hydrogen-bond donors (Lipinski definition) is 1. The van der Waals surface area contributed by atoms with E-state index in [0.717, 1.165) is 48.0 Å². The summed E-state index contributed by atoms with van der Waals surface area (Å²) in [6.07, 6.45) is 20.6. The first kappa shape index (κ1) is 33.9. The Balaban J connectivity index is 1.38. The molecule has 0 saturated heterocycles. The molecule has 3 aromatic carbocycles. The molecule has 0 aliphatic carbocycles. The predicted molar refractivity (Wildman–Crippen MR) is 179 cm³/mol. The number of benzene rings is 3. The fourth-order valence-electron chi connectivity index (χ4n) is 5.05. The Bertz CT molecular complexity index is 1260. The number of nitrogens with one attached hydrogen (secondary N) is 1. The van der Waals surface area contributed by atoms with Gasteiger partial charge < -0.3 is 14.8 Å². The summed E-state index contributed by atoms with van der Waals surface area (Å²) in [6, 6.07) is 18.8. The van der Waals surface area contributed by atoms with Crippen molar-refractivity contribution in [3.63, 3.8) is 0 Å². The molecule has 1 amide bonds. The van der Waals surface area contributed by atoms with Crippen LogP contribution in [0.4, 0.5) is 0 Å². The molecule has 0 fully saturated rings. The van der Waals surface area contributed by atoms with Gasteiger partial charge in [0.2, 0.25) is 0 Å². The molecule has 5 heteroatoms. The number of amides is 1. The molecule has 1 N–H and O–H groups in total. The molecule has 43 heavy (non-hydrogen) atoms. The van der Waals surface area contributed by atoms with Gasteiger partial charge in [0.15, 0.2) is 0 Å². The Kier molecular flexibility index (Phi) is 16.0. The van der Waals surface area contributed by atoms with Crippen molar-refractivity contribution in [3.8, 4) is 11.5 Å². The summed E-state index contributed by atoms with van der Waals surface area (Å²) in [4.78, 5) is 25.0. The fraction of sp³-hybridized carbons (Fsp3) is 0.474. The second kappa shape index (κ2) is 20.3. The van der Waals surface area contributed by atoms with Crippen molar-refractivity contribution in [3.05, 3.63) is 77.9 Å². The molecule has 0 bridgehead atoms. The summed E-state index contributed by atoms with van der Waals surface area (Å²) >= 11 is 0. The molecule has 0 radical (unpaired) electrons. The minimum atomic E-state index is -0.444. The summed E-state index contributed by atoms with van der Waals surface area (Å²) in [5, 5.41) is 4.85. The molecule has 0 atom stereocenters.